The summed E-state index contributed by atoms with van der Waals surface area (Å²) in [6.45, 7) is 3.70. The maximum absolute atomic E-state index is 12.5. The lowest BCUT2D eigenvalue weighted by Crippen LogP contribution is -2.36. The van der Waals surface area contributed by atoms with E-state index in [1.807, 2.05) is 30.3 Å². The van der Waals surface area contributed by atoms with E-state index in [-0.39, 0.29) is 18.1 Å². The zero-order valence-electron chi connectivity index (χ0n) is 12.5. The lowest BCUT2D eigenvalue weighted by Gasteiger charge is -2.23. The Bertz CT molecular complexity index is 651. The van der Waals surface area contributed by atoms with Gasteiger partial charge in [-0.15, -0.1) is 0 Å². The molecule has 0 spiro atoms. The number of benzene rings is 1. The minimum atomic E-state index is -0.942. The van der Waals surface area contributed by atoms with Gasteiger partial charge in [0, 0.05) is 19.2 Å². The fourth-order valence-corrected chi connectivity index (χ4v) is 2.06. The van der Waals surface area contributed by atoms with Gasteiger partial charge in [-0.05, 0) is 12.5 Å². The Morgan fingerprint density at radius 2 is 2.00 bits per heavy atom. The second-order valence-electron chi connectivity index (χ2n) is 5.23. The van der Waals surface area contributed by atoms with E-state index in [1.165, 1.54) is 4.90 Å². The highest BCUT2D eigenvalue weighted by Gasteiger charge is 2.24. The van der Waals surface area contributed by atoms with E-state index < -0.39 is 11.9 Å². The molecule has 0 fully saturated rings. The lowest BCUT2D eigenvalue weighted by atomic mass is 10.1. The van der Waals surface area contributed by atoms with Crippen molar-refractivity contribution in [3.8, 4) is 0 Å². The molecule has 0 bridgehead atoms. The molecule has 1 N–H and O–H groups in total. The summed E-state index contributed by atoms with van der Waals surface area (Å²) in [5.41, 5.74) is 1.11. The van der Waals surface area contributed by atoms with Gasteiger partial charge < -0.3 is 14.5 Å². The van der Waals surface area contributed by atoms with Gasteiger partial charge in [-0.2, -0.15) is 0 Å². The van der Waals surface area contributed by atoms with Crippen LogP contribution >= 0.6 is 0 Å². The molecule has 0 aliphatic heterocycles. The van der Waals surface area contributed by atoms with Crippen LogP contribution in [0.2, 0.25) is 0 Å². The molecule has 1 aromatic carbocycles. The van der Waals surface area contributed by atoms with E-state index in [0.29, 0.717) is 12.3 Å². The van der Waals surface area contributed by atoms with Crippen molar-refractivity contribution in [2.24, 2.45) is 5.92 Å². The Balaban J connectivity index is 2.20. The topological polar surface area (TPSA) is 83.6 Å². The van der Waals surface area contributed by atoms with E-state index in [4.69, 9.17) is 9.63 Å². The van der Waals surface area contributed by atoms with Crippen LogP contribution in [0, 0.1) is 12.8 Å². The van der Waals surface area contributed by atoms with E-state index in [0.717, 1.165) is 5.56 Å². The number of amides is 1. The van der Waals surface area contributed by atoms with Crippen LogP contribution in [0.5, 0.6) is 0 Å². The van der Waals surface area contributed by atoms with Crippen molar-refractivity contribution in [3.63, 3.8) is 0 Å². The van der Waals surface area contributed by atoms with Crippen molar-refractivity contribution in [1.82, 2.24) is 10.1 Å². The van der Waals surface area contributed by atoms with Crippen molar-refractivity contribution < 1.29 is 19.2 Å². The van der Waals surface area contributed by atoms with Gasteiger partial charge in [0.1, 0.15) is 5.76 Å². The van der Waals surface area contributed by atoms with Gasteiger partial charge in [0.25, 0.3) is 5.91 Å². The molecule has 0 radical (unpaired) electrons. The summed E-state index contributed by atoms with van der Waals surface area (Å²) in [4.78, 5) is 25.1. The standard InChI is InChI=1S/C16H18N2O4/c1-11(16(20)21)9-18(10-13-6-4-3-5-7-13)15(19)14-8-12(2)22-17-14/h3-8,11H,9-10H2,1-2H3,(H,20,21)/t11-/m0/s1. The Hall–Kier alpha value is -2.63. The summed E-state index contributed by atoms with van der Waals surface area (Å²) in [5.74, 6) is -1.41. The fraction of sp³-hybridized carbons (Fsp3) is 0.312. The molecule has 6 heteroatoms. The van der Waals surface area contributed by atoms with Gasteiger partial charge in [0.2, 0.25) is 0 Å². The summed E-state index contributed by atoms with van der Waals surface area (Å²) in [6.07, 6.45) is 0. The fourth-order valence-electron chi connectivity index (χ4n) is 2.06. The Morgan fingerprint density at radius 3 is 2.55 bits per heavy atom. The third-order valence-corrected chi connectivity index (χ3v) is 3.27. The average Bonchev–Trinajstić information content (AvgIpc) is 2.93. The number of carbonyl (C=O) groups excluding carboxylic acids is 1. The van der Waals surface area contributed by atoms with Crippen LogP contribution in [-0.2, 0) is 11.3 Å². The molecule has 6 nitrogen and oxygen atoms in total. The van der Waals surface area contributed by atoms with Crippen LogP contribution in [0.3, 0.4) is 0 Å². The minimum absolute atomic E-state index is 0.106. The molecule has 0 aliphatic carbocycles. The molecule has 2 rings (SSSR count). The van der Waals surface area contributed by atoms with E-state index in [2.05, 4.69) is 5.16 Å². The first kappa shape index (κ1) is 15.8. The van der Waals surface area contributed by atoms with Crippen LogP contribution < -0.4 is 0 Å². The van der Waals surface area contributed by atoms with Gasteiger partial charge in [-0.1, -0.05) is 42.4 Å². The zero-order chi connectivity index (χ0) is 16.1. The quantitative estimate of drug-likeness (QED) is 0.885. The molecule has 0 saturated carbocycles. The van der Waals surface area contributed by atoms with Crippen LogP contribution in [0.15, 0.2) is 40.9 Å². The lowest BCUT2D eigenvalue weighted by molar-refractivity contribution is -0.141. The number of hydrogen-bond acceptors (Lipinski definition) is 4. The molecule has 0 saturated heterocycles. The highest BCUT2D eigenvalue weighted by molar-refractivity contribution is 5.92. The molecule has 1 aromatic heterocycles. The van der Waals surface area contributed by atoms with Crippen molar-refractivity contribution in [3.05, 3.63) is 53.4 Å². The smallest absolute Gasteiger partial charge is 0.308 e. The largest absolute Gasteiger partial charge is 0.481 e. The van der Waals surface area contributed by atoms with Crippen molar-refractivity contribution in [2.75, 3.05) is 6.54 Å². The number of hydrogen-bond donors (Lipinski definition) is 1. The summed E-state index contributed by atoms with van der Waals surface area (Å²) >= 11 is 0. The first-order valence-corrected chi connectivity index (χ1v) is 6.96. The Kier molecular flexibility index (Phi) is 4.93. The molecule has 1 heterocycles. The molecular weight excluding hydrogens is 284 g/mol. The van der Waals surface area contributed by atoms with Crippen LogP contribution in [0.4, 0.5) is 0 Å². The number of aromatic nitrogens is 1. The second kappa shape index (κ2) is 6.89. The van der Waals surface area contributed by atoms with Crippen LogP contribution in [0.25, 0.3) is 0 Å². The SMILES string of the molecule is Cc1cc(C(=O)N(Cc2ccccc2)C[C@H](C)C(=O)O)no1. The van der Waals surface area contributed by atoms with Crippen molar-refractivity contribution >= 4 is 11.9 Å². The number of carboxylic acid groups (broad SMARTS) is 1. The summed E-state index contributed by atoms with van der Waals surface area (Å²) in [7, 11) is 0. The number of nitrogens with zero attached hydrogens (tertiary/aromatic N) is 2. The van der Waals surface area contributed by atoms with Gasteiger partial charge in [0.15, 0.2) is 5.69 Å². The number of carbonyl (C=O) groups is 2. The maximum Gasteiger partial charge on any atom is 0.308 e. The van der Waals surface area contributed by atoms with Gasteiger partial charge >= 0.3 is 5.97 Å². The maximum atomic E-state index is 12.5. The van der Waals surface area contributed by atoms with E-state index in [9.17, 15) is 9.59 Å². The highest BCUT2D eigenvalue weighted by atomic mass is 16.5. The summed E-state index contributed by atoms with van der Waals surface area (Å²) in [6, 6.07) is 11.0. The zero-order valence-corrected chi connectivity index (χ0v) is 12.5. The molecule has 22 heavy (non-hydrogen) atoms. The number of aliphatic carboxylic acids is 1. The second-order valence-corrected chi connectivity index (χ2v) is 5.23. The van der Waals surface area contributed by atoms with Crippen molar-refractivity contribution in [1.29, 1.82) is 0 Å². The summed E-state index contributed by atoms with van der Waals surface area (Å²) < 4.78 is 4.92. The monoisotopic (exact) mass is 302 g/mol. The molecule has 0 unspecified atom stereocenters. The molecule has 116 valence electrons. The normalized spacial score (nSPS) is 11.9. The van der Waals surface area contributed by atoms with Gasteiger partial charge in [-0.3, -0.25) is 9.59 Å². The van der Waals surface area contributed by atoms with Gasteiger partial charge in [-0.25, -0.2) is 0 Å². The number of aryl methyl sites for hydroxylation is 1. The number of rotatable bonds is 6. The predicted molar refractivity (Wildman–Crippen MR) is 79.2 cm³/mol. The van der Waals surface area contributed by atoms with Gasteiger partial charge in [0.05, 0.1) is 5.92 Å². The predicted octanol–water partition coefficient (Wildman–Crippen LogP) is 2.35. The third kappa shape index (κ3) is 3.94. The first-order valence-electron chi connectivity index (χ1n) is 6.96. The minimum Gasteiger partial charge on any atom is -0.481 e. The summed E-state index contributed by atoms with van der Waals surface area (Å²) in [5, 5.41) is 12.8. The third-order valence-electron chi connectivity index (χ3n) is 3.27. The van der Waals surface area contributed by atoms with Crippen molar-refractivity contribution in [2.45, 2.75) is 20.4 Å². The molecule has 2 aromatic rings. The van der Waals surface area contributed by atoms with E-state index >= 15 is 0 Å². The molecule has 1 atom stereocenters. The first-order chi connectivity index (χ1) is 10.5. The average molecular weight is 302 g/mol. The molecule has 0 aliphatic rings. The Labute approximate surface area is 128 Å². The Morgan fingerprint density at radius 1 is 1.32 bits per heavy atom. The van der Waals surface area contributed by atoms with E-state index in [1.54, 1.807) is 19.9 Å². The number of carboxylic acids is 1. The van der Waals surface area contributed by atoms with Crippen LogP contribution in [-0.4, -0.2) is 33.6 Å². The van der Waals surface area contributed by atoms with Crippen LogP contribution in [0.1, 0.15) is 28.7 Å². The highest BCUT2D eigenvalue weighted by Crippen LogP contribution is 2.13. The molecule has 1 amide bonds. The molecular formula is C16H18N2O4.